The van der Waals surface area contributed by atoms with Crippen molar-refractivity contribution in [2.75, 3.05) is 16.8 Å². The quantitative estimate of drug-likeness (QED) is 0.616. The third kappa shape index (κ3) is 5.40. The Morgan fingerprint density at radius 3 is 2.89 bits per heavy atom. The standard InChI is InChI=1S/C13H19FN2OS/c1-9(2)18-7-3-4-13(17)16-12-8-10(15)5-6-11(12)14/h5-6,8-9H,3-4,7,15H2,1-2H3,(H,16,17). The molecule has 1 aromatic carbocycles. The van der Waals surface area contributed by atoms with Crippen molar-refractivity contribution in [3.8, 4) is 0 Å². The summed E-state index contributed by atoms with van der Waals surface area (Å²) in [6.45, 7) is 4.24. The minimum Gasteiger partial charge on any atom is -0.399 e. The van der Waals surface area contributed by atoms with E-state index < -0.39 is 5.82 Å². The maximum atomic E-state index is 13.3. The van der Waals surface area contributed by atoms with E-state index in [0.29, 0.717) is 17.4 Å². The summed E-state index contributed by atoms with van der Waals surface area (Å²) in [5, 5.41) is 3.10. The second-order valence-corrected chi connectivity index (χ2v) is 5.99. The monoisotopic (exact) mass is 270 g/mol. The Balaban J connectivity index is 2.38. The first-order valence-electron chi connectivity index (χ1n) is 5.95. The SMILES string of the molecule is CC(C)SCCCC(=O)Nc1cc(N)ccc1F. The number of anilines is 2. The molecule has 1 amide bonds. The van der Waals surface area contributed by atoms with Gasteiger partial charge in [-0.05, 0) is 35.6 Å². The number of nitrogens with one attached hydrogen (secondary N) is 1. The van der Waals surface area contributed by atoms with E-state index in [1.807, 2.05) is 11.8 Å². The van der Waals surface area contributed by atoms with Crippen molar-refractivity contribution in [1.29, 1.82) is 0 Å². The first-order chi connectivity index (χ1) is 8.49. The number of nitrogens with two attached hydrogens (primary N) is 1. The number of amides is 1. The van der Waals surface area contributed by atoms with Crippen molar-refractivity contribution < 1.29 is 9.18 Å². The lowest BCUT2D eigenvalue weighted by molar-refractivity contribution is -0.116. The number of thioether (sulfide) groups is 1. The number of carbonyl (C=O) groups excluding carboxylic acids is 1. The summed E-state index contributed by atoms with van der Waals surface area (Å²) < 4.78 is 13.3. The molecule has 0 saturated carbocycles. The Bertz CT molecular complexity index is 410. The Morgan fingerprint density at radius 2 is 2.22 bits per heavy atom. The van der Waals surface area contributed by atoms with Gasteiger partial charge in [-0.15, -0.1) is 0 Å². The van der Waals surface area contributed by atoms with Crippen LogP contribution in [0.4, 0.5) is 15.8 Å². The van der Waals surface area contributed by atoms with Gasteiger partial charge in [-0.2, -0.15) is 11.8 Å². The molecule has 1 aromatic rings. The maximum Gasteiger partial charge on any atom is 0.224 e. The van der Waals surface area contributed by atoms with E-state index in [4.69, 9.17) is 5.73 Å². The second-order valence-electron chi connectivity index (χ2n) is 4.31. The van der Waals surface area contributed by atoms with Crippen LogP contribution < -0.4 is 11.1 Å². The van der Waals surface area contributed by atoms with Gasteiger partial charge >= 0.3 is 0 Å². The van der Waals surface area contributed by atoms with Crippen LogP contribution in [0.5, 0.6) is 0 Å². The molecule has 18 heavy (non-hydrogen) atoms. The molecule has 0 heterocycles. The average molecular weight is 270 g/mol. The van der Waals surface area contributed by atoms with Crippen LogP contribution >= 0.6 is 11.8 Å². The highest BCUT2D eigenvalue weighted by Gasteiger charge is 2.07. The fourth-order valence-corrected chi connectivity index (χ4v) is 2.19. The molecule has 0 unspecified atom stereocenters. The average Bonchev–Trinajstić information content (AvgIpc) is 2.29. The molecule has 0 aliphatic heterocycles. The fraction of sp³-hybridized carbons (Fsp3) is 0.462. The molecular formula is C13H19FN2OS. The van der Waals surface area contributed by atoms with Crippen LogP contribution in [-0.2, 0) is 4.79 Å². The third-order valence-electron chi connectivity index (χ3n) is 2.26. The van der Waals surface area contributed by atoms with Crippen LogP contribution in [0.15, 0.2) is 18.2 Å². The summed E-state index contributed by atoms with van der Waals surface area (Å²) >= 11 is 1.81. The van der Waals surface area contributed by atoms with Crippen LogP contribution in [0, 0.1) is 5.82 Å². The molecule has 0 bridgehead atoms. The van der Waals surface area contributed by atoms with Crippen LogP contribution in [0.2, 0.25) is 0 Å². The topological polar surface area (TPSA) is 55.1 Å². The van der Waals surface area contributed by atoms with Crippen molar-refractivity contribution in [2.24, 2.45) is 0 Å². The molecule has 100 valence electrons. The molecule has 0 aliphatic rings. The number of rotatable bonds is 6. The molecule has 0 saturated heterocycles. The molecule has 1 rings (SSSR count). The Hall–Kier alpha value is -1.23. The molecule has 0 fully saturated rings. The minimum absolute atomic E-state index is 0.150. The van der Waals surface area contributed by atoms with E-state index in [1.165, 1.54) is 18.2 Å². The van der Waals surface area contributed by atoms with Crippen molar-refractivity contribution in [3.05, 3.63) is 24.0 Å². The predicted molar refractivity (Wildman–Crippen MR) is 76.3 cm³/mol. The lowest BCUT2D eigenvalue weighted by Crippen LogP contribution is -2.13. The first-order valence-corrected chi connectivity index (χ1v) is 7.00. The van der Waals surface area contributed by atoms with Crippen LogP contribution in [0.25, 0.3) is 0 Å². The van der Waals surface area contributed by atoms with E-state index in [-0.39, 0.29) is 11.6 Å². The van der Waals surface area contributed by atoms with Gasteiger partial charge < -0.3 is 11.1 Å². The predicted octanol–water partition coefficient (Wildman–Crippen LogP) is 3.27. The van der Waals surface area contributed by atoms with Gasteiger partial charge in [0.2, 0.25) is 5.91 Å². The zero-order valence-corrected chi connectivity index (χ0v) is 11.5. The Kier molecular flexibility index (Phi) is 5.98. The van der Waals surface area contributed by atoms with Crippen LogP contribution in [-0.4, -0.2) is 16.9 Å². The summed E-state index contributed by atoms with van der Waals surface area (Å²) in [4.78, 5) is 11.6. The Labute approximate surface area is 111 Å². The number of nitrogen functional groups attached to an aromatic ring is 1. The molecule has 5 heteroatoms. The number of hydrogen-bond donors (Lipinski definition) is 2. The van der Waals surface area contributed by atoms with Gasteiger partial charge in [-0.25, -0.2) is 4.39 Å². The smallest absolute Gasteiger partial charge is 0.224 e. The molecule has 0 spiro atoms. The van der Waals surface area contributed by atoms with Crippen molar-refractivity contribution in [2.45, 2.75) is 31.9 Å². The van der Waals surface area contributed by atoms with Crippen molar-refractivity contribution >= 4 is 29.0 Å². The largest absolute Gasteiger partial charge is 0.399 e. The van der Waals surface area contributed by atoms with Gasteiger partial charge in [0, 0.05) is 12.1 Å². The second kappa shape index (κ2) is 7.26. The zero-order valence-electron chi connectivity index (χ0n) is 10.7. The third-order valence-corrected chi connectivity index (χ3v) is 3.45. The van der Waals surface area contributed by atoms with Gasteiger partial charge in [0.05, 0.1) is 5.69 Å². The first kappa shape index (κ1) is 14.8. The molecule has 3 nitrogen and oxygen atoms in total. The van der Waals surface area contributed by atoms with Gasteiger partial charge in [0.25, 0.3) is 0 Å². The highest BCUT2D eigenvalue weighted by atomic mass is 32.2. The fourth-order valence-electron chi connectivity index (χ4n) is 1.40. The minimum atomic E-state index is -0.464. The van der Waals surface area contributed by atoms with Gasteiger partial charge in [0.15, 0.2) is 0 Å². The summed E-state index contributed by atoms with van der Waals surface area (Å²) in [5.74, 6) is 0.294. The van der Waals surface area contributed by atoms with E-state index >= 15 is 0 Å². The summed E-state index contributed by atoms with van der Waals surface area (Å²) in [7, 11) is 0. The highest BCUT2D eigenvalue weighted by molar-refractivity contribution is 7.99. The molecule has 3 N–H and O–H groups in total. The van der Waals surface area contributed by atoms with Crippen LogP contribution in [0.1, 0.15) is 26.7 Å². The lowest BCUT2D eigenvalue weighted by Gasteiger charge is -2.08. The van der Waals surface area contributed by atoms with E-state index in [2.05, 4.69) is 19.2 Å². The number of benzene rings is 1. The van der Waals surface area contributed by atoms with Gasteiger partial charge in [-0.1, -0.05) is 13.8 Å². The van der Waals surface area contributed by atoms with E-state index in [0.717, 1.165) is 12.2 Å². The molecule has 0 aliphatic carbocycles. The zero-order chi connectivity index (χ0) is 13.5. The molecule has 0 atom stereocenters. The number of halogens is 1. The van der Waals surface area contributed by atoms with Gasteiger partial charge in [0.1, 0.15) is 5.82 Å². The van der Waals surface area contributed by atoms with E-state index in [1.54, 1.807) is 0 Å². The van der Waals surface area contributed by atoms with Gasteiger partial charge in [-0.3, -0.25) is 4.79 Å². The molecule has 0 radical (unpaired) electrons. The number of hydrogen-bond acceptors (Lipinski definition) is 3. The molecular weight excluding hydrogens is 251 g/mol. The highest BCUT2D eigenvalue weighted by Crippen LogP contribution is 2.18. The summed E-state index contributed by atoms with van der Waals surface area (Å²) in [5.41, 5.74) is 6.12. The maximum absolute atomic E-state index is 13.3. The lowest BCUT2D eigenvalue weighted by atomic mass is 10.2. The Morgan fingerprint density at radius 1 is 1.50 bits per heavy atom. The van der Waals surface area contributed by atoms with Crippen LogP contribution in [0.3, 0.4) is 0 Å². The van der Waals surface area contributed by atoms with Crippen molar-refractivity contribution in [1.82, 2.24) is 0 Å². The summed E-state index contributed by atoms with van der Waals surface area (Å²) in [6, 6.07) is 4.14. The molecule has 0 aromatic heterocycles. The normalized spacial score (nSPS) is 10.7. The van der Waals surface area contributed by atoms with E-state index in [9.17, 15) is 9.18 Å². The number of carbonyl (C=O) groups is 1. The summed E-state index contributed by atoms with van der Waals surface area (Å²) in [6.07, 6.45) is 1.19. The van der Waals surface area contributed by atoms with Crippen molar-refractivity contribution in [3.63, 3.8) is 0 Å².